The van der Waals surface area contributed by atoms with E-state index in [4.69, 9.17) is 34.8 Å². The van der Waals surface area contributed by atoms with Gasteiger partial charge in [0.15, 0.2) is 0 Å². The van der Waals surface area contributed by atoms with Crippen LogP contribution in [0.15, 0.2) is 36.4 Å². The molecule has 1 atom stereocenters. The first-order chi connectivity index (χ1) is 10.0. The average Bonchev–Trinajstić information content (AvgIpc) is 2.45. The third kappa shape index (κ3) is 4.33. The molecule has 2 rings (SSSR count). The summed E-state index contributed by atoms with van der Waals surface area (Å²) in [6.45, 7) is 0. The smallest absolute Gasteiger partial charge is 0.126 e. The molecule has 0 aliphatic carbocycles. The highest BCUT2D eigenvalue weighted by atomic mass is 35.5. The van der Waals surface area contributed by atoms with Crippen LogP contribution in [0.2, 0.25) is 15.1 Å². The van der Waals surface area contributed by atoms with E-state index in [0.29, 0.717) is 33.5 Å². The van der Waals surface area contributed by atoms with Crippen molar-refractivity contribution < 1.29 is 4.39 Å². The molecular formula is C16H15Cl3FN. The van der Waals surface area contributed by atoms with Gasteiger partial charge in [-0.15, -0.1) is 0 Å². The third-order valence-corrected chi connectivity index (χ3v) is 4.34. The standard InChI is InChI=1S/C16H15Cl3FN/c1-21-12(8-10-7-11(17)5-6-16(10)20)9-13-14(18)3-2-4-15(13)19/h2-7,12,21H,8-9H2,1H3. The molecule has 1 N–H and O–H groups in total. The Kier molecular flexibility index (Phi) is 5.88. The molecule has 1 unspecified atom stereocenters. The van der Waals surface area contributed by atoms with Gasteiger partial charge < -0.3 is 5.32 Å². The van der Waals surface area contributed by atoms with Gasteiger partial charge in [0.25, 0.3) is 0 Å². The lowest BCUT2D eigenvalue weighted by Gasteiger charge is -2.18. The number of hydrogen-bond acceptors (Lipinski definition) is 1. The van der Waals surface area contributed by atoms with Crippen molar-refractivity contribution in [2.75, 3.05) is 7.05 Å². The zero-order valence-corrected chi connectivity index (χ0v) is 13.7. The molecule has 2 aromatic carbocycles. The maximum atomic E-state index is 13.8. The molecule has 0 heterocycles. The maximum absolute atomic E-state index is 13.8. The third-order valence-electron chi connectivity index (χ3n) is 3.39. The molecule has 2 aromatic rings. The maximum Gasteiger partial charge on any atom is 0.126 e. The van der Waals surface area contributed by atoms with Crippen molar-refractivity contribution in [1.29, 1.82) is 0 Å². The summed E-state index contributed by atoms with van der Waals surface area (Å²) >= 11 is 18.3. The molecule has 21 heavy (non-hydrogen) atoms. The molecule has 1 nitrogen and oxygen atoms in total. The minimum atomic E-state index is -0.259. The Morgan fingerprint density at radius 1 is 1.05 bits per heavy atom. The Balaban J connectivity index is 2.19. The van der Waals surface area contributed by atoms with Crippen molar-refractivity contribution in [3.63, 3.8) is 0 Å². The van der Waals surface area contributed by atoms with Crippen LogP contribution in [0.3, 0.4) is 0 Å². The average molecular weight is 347 g/mol. The van der Waals surface area contributed by atoms with E-state index in [1.807, 2.05) is 7.05 Å². The second kappa shape index (κ2) is 7.46. The summed E-state index contributed by atoms with van der Waals surface area (Å²) in [5, 5.41) is 4.94. The Hall–Kier alpha value is -0.800. The quantitative estimate of drug-likeness (QED) is 0.788. The van der Waals surface area contributed by atoms with Gasteiger partial charge in [0.2, 0.25) is 0 Å². The predicted octanol–water partition coefficient (Wildman–Crippen LogP) is 5.16. The van der Waals surface area contributed by atoms with Gasteiger partial charge in [0.1, 0.15) is 5.82 Å². The van der Waals surface area contributed by atoms with Crippen LogP contribution < -0.4 is 5.32 Å². The van der Waals surface area contributed by atoms with E-state index in [1.165, 1.54) is 6.07 Å². The summed E-state index contributed by atoms with van der Waals surface area (Å²) in [7, 11) is 1.83. The van der Waals surface area contributed by atoms with Crippen molar-refractivity contribution in [1.82, 2.24) is 5.32 Å². The number of benzene rings is 2. The van der Waals surface area contributed by atoms with Gasteiger partial charge in [-0.05, 0) is 61.3 Å². The van der Waals surface area contributed by atoms with Gasteiger partial charge >= 0.3 is 0 Å². The van der Waals surface area contributed by atoms with Crippen molar-refractivity contribution in [2.45, 2.75) is 18.9 Å². The Bertz CT molecular complexity index is 611. The molecular weight excluding hydrogens is 332 g/mol. The van der Waals surface area contributed by atoms with Crippen molar-refractivity contribution in [3.8, 4) is 0 Å². The number of nitrogens with one attached hydrogen (secondary N) is 1. The van der Waals surface area contributed by atoms with E-state index in [0.717, 1.165) is 5.56 Å². The van der Waals surface area contributed by atoms with Crippen molar-refractivity contribution in [3.05, 3.63) is 68.4 Å². The predicted molar refractivity (Wildman–Crippen MR) is 88.1 cm³/mol. The fraction of sp³-hybridized carbons (Fsp3) is 0.250. The Morgan fingerprint density at radius 2 is 1.71 bits per heavy atom. The second-order valence-electron chi connectivity index (χ2n) is 4.83. The second-order valence-corrected chi connectivity index (χ2v) is 6.08. The number of likely N-dealkylation sites (N-methyl/N-ethyl adjacent to an activating group) is 1. The number of hydrogen-bond donors (Lipinski definition) is 1. The molecule has 0 aliphatic rings. The van der Waals surface area contributed by atoms with Crippen LogP contribution in [0.4, 0.5) is 4.39 Å². The van der Waals surface area contributed by atoms with E-state index in [2.05, 4.69) is 5.32 Å². The first-order valence-electron chi connectivity index (χ1n) is 6.55. The summed E-state index contributed by atoms with van der Waals surface area (Å²) < 4.78 is 13.8. The minimum absolute atomic E-state index is 0.00960. The molecule has 0 spiro atoms. The van der Waals surface area contributed by atoms with Crippen LogP contribution in [0.5, 0.6) is 0 Å². The molecule has 5 heteroatoms. The molecule has 0 bridgehead atoms. The van der Waals surface area contributed by atoms with Crippen LogP contribution in [0, 0.1) is 5.82 Å². The van der Waals surface area contributed by atoms with Gasteiger partial charge in [-0.3, -0.25) is 0 Å². The highest BCUT2D eigenvalue weighted by molar-refractivity contribution is 6.36. The van der Waals surface area contributed by atoms with E-state index in [9.17, 15) is 4.39 Å². The number of rotatable bonds is 5. The fourth-order valence-corrected chi connectivity index (χ4v) is 2.96. The fourth-order valence-electron chi connectivity index (χ4n) is 2.22. The monoisotopic (exact) mass is 345 g/mol. The van der Waals surface area contributed by atoms with E-state index in [-0.39, 0.29) is 11.9 Å². The molecule has 0 amide bonds. The van der Waals surface area contributed by atoms with Crippen LogP contribution >= 0.6 is 34.8 Å². The van der Waals surface area contributed by atoms with Crippen LogP contribution in [0.25, 0.3) is 0 Å². The normalized spacial score (nSPS) is 12.4. The van der Waals surface area contributed by atoms with E-state index >= 15 is 0 Å². The molecule has 0 saturated heterocycles. The first-order valence-corrected chi connectivity index (χ1v) is 7.68. The Labute approximate surface area is 139 Å². The van der Waals surface area contributed by atoms with E-state index < -0.39 is 0 Å². The lowest BCUT2D eigenvalue weighted by Crippen LogP contribution is -2.30. The summed E-state index contributed by atoms with van der Waals surface area (Å²) in [4.78, 5) is 0. The summed E-state index contributed by atoms with van der Waals surface area (Å²) in [5.41, 5.74) is 1.44. The molecule has 0 aromatic heterocycles. The van der Waals surface area contributed by atoms with Crippen molar-refractivity contribution >= 4 is 34.8 Å². The van der Waals surface area contributed by atoms with Gasteiger partial charge in [-0.1, -0.05) is 40.9 Å². The van der Waals surface area contributed by atoms with Crippen LogP contribution in [-0.2, 0) is 12.8 Å². The zero-order valence-electron chi connectivity index (χ0n) is 11.5. The van der Waals surface area contributed by atoms with Crippen molar-refractivity contribution in [2.24, 2.45) is 0 Å². The molecule has 0 fully saturated rings. The molecule has 0 aliphatic heterocycles. The highest BCUT2D eigenvalue weighted by Gasteiger charge is 2.15. The van der Waals surface area contributed by atoms with Gasteiger partial charge in [-0.2, -0.15) is 0 Å². The number of halogens is 4. The first kappa shape index (κ1) is 16.6. The van der Waals surface area contributed by atoms with Gasteiger partial charge in [-0.25, -0.2) is 4.39 Å². The van der Waals surface area contributed by atoms with Gasteiger partial charge in [0.05, 0.1) is 0 Å². The van der Waals surface area contributed by atoms with Gasteiger partial charge in [0, 0.05) is 21.1 Å². The summed E-state index contributed by atoms with van der Waals surface area (Å²) in [5.74, 6) is -0.259. The highest BCUT2D eigenvalue weighted by Crippen LogP contribution is 2.26. The Morgan fingerprint density at radius 3 is 2.33 bits per heavy atom. The SMILES string of the molecule is CNC(Cc1cc(Cl)ccc1F)Cc1c(Cl)cccc1Cl. The molecule has 0 radical (unpaired) electrons. The van der Waals surface area contributed by atoms with E-state index in [1.54, 1.807) is 30.3 Å². The van der Waals surface area contributed by atoms with Crippen LogP contribution in [-0.4, -0.2) is 13.1 Å². The summed E-state index contributed by atoms with van der Waals surface area (Å²) in [6.07, 6.45) is 1.12. The summed E-state index contributed by atoms with van der Waals surface area (Å²) in [6, 6.07) is 9.99. The van der Waals surface area contributed by atoms with Crippen LogP contribution in [0.1, 0.15) is 11.1 Å². The largest absolute Gasteiger partial charge is 0.316 e. The molecule has 112 valence electrons. The zero-order chi connectivity index (χ0) is 15.4. The lowest BCUT2D eigenvalue weighted by molar-refractivity contribution is 0.532. The topological polar surface area (TPSA) is 12.0 Å². The molecule has 0 saturated carbocycles. The lowest BCUT2D eigenvalue weighted by atomic mass is 9.98. The minimum Gasteiger partial charge on any atom is -0.316 e.